The standard InChI is InChI=1S/C19H33N5S.HI/c1-3-17-13-23-18(25-17)9-10-21-19(20-4-2)22-11-12-24(16-7-8-16)14-15-5-6-15;/h13,15-16H,3-12,14H2,1-2H3,(H2,20,21,22);1H. The summed E-state index contributed by atoms with van der Waals surface area (Å²) in [6.45, 7) is 9.37. The molecule has 3 rings (SSSR count). The molecular formula is C19H34IN5S. The Morgan fingerprint density at radius 3 is 2.69 bits per heavy atom. The molecule has 0 atom stereocenters. The molecule has 1 aromatic heterocycles. The van der Waals surface area contributed by atoms with Crippen molar-refractivity contribution in [1.29, 1.82) is 0 Å². The van der Waals surface area contributed by atoms with Crippen molar-refractivity contribution in [3.05, 3.63) is 16.1 Å². The lowest BCUT2D eigenvalue weighted by Gasteiger charge is -2.21. The van der Waals surface area contributed by atoms with E-state index >= 15 is 0 Å². The van der Waals surface area contributed by atoms with Crippen molar-refractivity contribution in [2.24, 2.45) is 10.9 Å². The summed E-state index contributed by atoms with van der Waals surface area (Å²) in [5.41, 5.74) is 0. The number of aryl methyl sites for hydroxylation is 1. The van der Waals surface area contributed by atoms with Crippen LogP contribution >= 0.6 is 35.3 Å². The number of rotatable bonds is 11. The highest BCUT2D eigenvalue weighted by atomic mass is 127. The van der Waals surface area contributed by atoms with E-state index in [1.165, 1.54) is 42.1 Å². The van der Waals surface area contributed by atoms with Gasteiger partial charge in [-0.05, 0) is 44.9 Å². The second kappa shape index (κ2) is 11.4. The molecule has 7 heteroatoms. The van der Waals surface area contributed by atoms with E-state index in [2.05, 4.69) is 34.4 Å². The topological polar surface area (TPSA) is 52.6 Å². The molecule has 148 valence electrons. The predicted octanol–water partition coefficient (Wildman–Crippen LogP) is 3.30. The van der Waals surface area contributed by atoms with Crippen LogP contribution in [0, 0.1) is 5.92 Å². The van der Waals surface area contributed by atoms with Crippen LogP contribution in [0.25, 0.3) is 0 Å². The minimum atomic E-state index is 0. The van der Waals surface area contributed by atoms with Gasteiger partial charge in [0, 0.05) is 49.7 Å². The summed E-state index contributed by atoms with van der Waals surface area (Å²) < 4.78 is 0. The number of nitrogens with zero attached hydrogens (tertiary/aromatic N) is 3. The number of guanidine groups is 1. The Balaban J connectivity index is 0.00000243. The van der Waals surface area contributed by atoms with E-state index in [9.17, 15) is 0 Å². The molecule has 5 nitrogen and oxygen atoms in total. The number of nitrogens with one attached hydrogen (secondary N) is 2. The molecule has 2 fully saturated rings. The van der Waals surface area contributed by atoms with Crippen LogP contribution in [-0.2, 0) is 12.8 Å². The van der Waals surface area contributed by atoms with E-state index in [0.717, 1.165) is 56.9 Å². The van der Waals surface area contributed by atoms with Gasteiger partial charge in [-0.1, -0.05) is 6.92 Å². The van der Waals surface area contributed by atoms with E-state index in [4.69, 9.17) is 4.99 Å². The third-order valence-electron chi connectivity index (χ3n) is 4.84. The molecule has 1 aromatic rings. The van der Waals surface area contributed by atoms with Gasteiger partial charge in [0.25, 0.3) is 0 Å². The Hall–Kier alpha value is -0.410. The quantitative estimate of drug-likeness (QED) is 0.284. The van der Waals surface area contributed by atoms with Gasteiger partial charge >= 0.3 is 0 Å². The second-order valence-corrected chi connectivity index (χ2v) is 8.38. The number of aliphatic imine (C=N–C) groups is 1. The SMILES string of the molecule is CCNC(=NCCN(CC1CC1)C1CC1)NCCc1ncc(CC)s1.I. The first kappa shape index (κ1) is 21.9. The average molecular weight is 491 g/mol. The van der Waals surface area contributed by atoms with Crippen LogP contribution in [0.2, 0.25) is 0 Å². The van der Waals surface area contributed by atoms with E-state index in [0.29, 0.717) is 0 Å². The molecule has 0 bridgehead atoms. The van der Waals surface area contributed by atoms with E-state index in [1.54, 1.807) is 0 Å². The molecule has 2 aliphatic rings. The van der Waals surface area contributed by atoms with Crippen molar-refractivity contribution in [2.75, 3.05) is 32.7 Å². The molecule has 0 aliphatic heterocycles. The monoisotopic (exact) mass is 491 g/mol. The summed E-state index contributed by atoms with van der Waals surface area (Å²) in [5, 5.41) is 8.03. The molecular weight excluding hydrogens is 457 g/mol. The van der Waals surface area contributed by atoms with Crippen molar-refractivity contribution in [3.63, 3.8) is 0 Å². The van der Waals surface area contributed by atoms with Gasteiger partial charge in [-0.3, -0.25) is 9.89 Å². The minimum Gasteiger partial charge on any atom is -0.357 e. The van der Waals surface area contributed by atoms with Crippen LogP contribution in [0.15, 0.2) is 11.2 Å². The molecule has 0 spiro atoms. The van der Waals surface area contributed by atoms with Gasteiger partial charge in [0.05, 0.1) is 11.6 Å². The highest BCUT2D eigenvalue weighted by molar-refractivity contribution is 14.0. The van der Waals surface area contributed by atoms with Crippen LogP contribution in [0.1, 0.15) is 49.4 Å². The van der Waals surface area contributed by atoms with Gasteiger partial charge in [-0.15, -0.1) is 35.3 Å². The molecule has 1 heterocycles. The summed E-state index contributed by atoms with van der Waals surface area (Å²) in [6.07, 6.45) is 9.70. The van der Waals surface area contributed by atoms with E-state index in [1.807, 2.05) is 17.5 Å². The maximum Gasteiger partial charge on any atom is 0.191 e. The van der Waals surface area contributed by atoms with E-state index < -0.39 is 0 Å². The Bertz CT molecular complexity index is 554. The Morgan fingerprint density at radius 2 is 2.08 bits per heavy atom. The van der Waals surface area contributed by atoms with Crippen molar-refractivity contribution < 1.29 is 0 Å². The molecule has 26 heavy (non-hydrogen) atoms. The highest BCUT2D eigenvalue weighted by Crippen LogP contribution is 2.34. The zero-order valence-corrected chi connectivity index (χ0v) is 19.3. The molecule has 0 saturated heterocycles. The molecule has 0 radical (unpaired) electrons. The zero-order valence-electron chi connectivity index (χ0n) is 16.2. The lowest BCUT2D eigenvalue weighted by Crippen LogP contribution is -2.39. The van der Waals surface area contributed by atoms with Crippen LogP contribution in [0.3, 0.4) is 0 Å². The van der Waals surface area contributed by atoms with Gasteiger partial charge < -0.3 is 10.6 Å². The van der Waals surface area contributed by atoms with Gasteiger partial charge in [0.2, 0.25) is 0 Å². The van der Waals surface area contributed by atoms with Crippen molar-refractivity contribution in [3.8, 4) is 0 Å². The van der Waals surface area contributed by atoms with Crippen LogP contribution in [-0.4, -0.2) is 54.6 Å². The summed E-state index contributed by atoms with van der Waals surface area (Å²) in [4.78, 5) is 13.3. The second-order valence-electron chi connectivity index (χ2n) is 7.18. The number of aromatic nitrogens is 1. The first-order valence-electron chi connectivity index (χ1n) is 9.98. The summed E-state index contributed by atoms with van der Waals surface area (Å²) in [5.74, 6) is 1.92. The first-order valence-corrected chi connectivity index (χ1v) is 10.8. The fourth-order valence-corrected chi connectivity index (χ4v) is 3.90. The van der Waals surface area contributed by atoms with Gasteiger partial charge in [0.1, 0.15) is 0 Å². The lowest BCUT2D eigenvalue weighted by atomic mass is 10.3. The summed E-state index contributed by atoms with van der Waals surface area (Å²) in [7, 11) is 0. The predicted molar refractivity (Wildman–Crippen MR) is 122 cm³/mol. The fourth-order valence-electron chi connectivity index (χ4n) is 3.04. The van der Waals surface area contributed by atoms with E-state index in [-0.39, 0.29) is 24.0 Å². The minimum absolute atomic E-state index is 0. The maximum atomic E-state index is 4.78. The van der Waals surface area contributed by atoms with Crippen molar-refractivity contribution in [1.82, 2.24) is 20.5 Å². The lowest BCUT2D eigenvalue weighted by molar-refractivity contribution is 0.260. The smallest absolute Gasteiger partial charge is 0.191 e. The normalized spacial score (nSPS) is 17.3. The number of thiazole rings is 1. The Labute approximate surface area is 179 Å². The number of hydrogen-bond donors (Lipinski definition) is 2. The Morgan fingerprint density at radius 1 is 1.27 bits per heavy atom. The largest absolute Gasteiger partial charge is 0.357 e. The summed E-state index contributed by atoms with van der Waals surface area (Å²) in [6, 6.07) is 0.851. The average Bonchev–Trinajstić information content (AvgIpc) is 3.53. The third-order valence-corrected chi connectivity index (χ3v) is 6.04. The first-order chi connectivity index (χ1) is 12.3. The molecule has 2 saturated carbocycles. The van der Waals surface area contributed by atoms with Gasteiger partial charge in [-0.25, -0.2) is 4.98 Å². The van der Waals surface area contributed by atoms with Crippen molar-refractivity contribution in [2.45, 2.75) is 58.4 Å². The molecule has 0 aromatic carbocycles. The van der Waals surface area contributed by atoms with Crippen LogP contribution in [0.4, 0.5) is 0 Å². The Kier molecular flexibility index (Phi) is 9.63. The maximum absolute atomic E-state index is 4.78. The zero-order chi connectivity index (χ0) is 17.5. The fraction of sp³-hybridized carbons (Fsp3) is 0.789. The number of halogens is 1. The highest BCUT2D eigenvalue weighted by Gasteiger charge is 2.33. The molecule has 2 N–H and O–H groups in total. The molecule has 0 amide bonds. The van der Waals surface area contributed by atoms with Crippen molar-refractivity contribution >= 4 is 41.3 Å². The van der Waals surface area contributed by atoms with Gasteiger partial charge in [-0.2, -0.15) is 0 Å². The van der Waals surface area contributed by atoms with Crippen LogP contribution < -0.4 is 10.6 Å². The molecule has 0 unspecified atom stereocenters. The molecule has 2 aliphatic carbocycles. The van der Waals surface area contributed by atoms with Gasteiger partial charge in [0.15, 0.2) is 5.96 Å². The summed E-state index contributed by atoms with van der Waals surface area (Å²) >= 11 is 1.82. The third kappa shape index (κ3) is 7.68. The van der Waals surface area contributed by atoms with Crippen LogP contribution in [0.5, 0.6) is 0 Å². The number of hydrogen-bond acceptors (Lipinski definition) is 4.